The molecule has 1 aliphatic rings. The molecular weight excluding hydrogens is 364 g/mol. The normalized spacial score (nSPS) is 19.8. The van der Waals surface area contributed by atoms with Crippen LogP contribution in [0.15, 0.2) is 83.3 Å². The second kappa shape index (κ2) is 7.70. The van der Waals surface area contributed by atoms with E-state index in [2.05, 4.69) is 42.0 Å². The zero-order valence-electron chi connectivity index (χ0n) is 14.6. The predicted octanol–water partition coefficient (Wildman–Crippen LogP) is 4.28. The first-order valence-electron chi connectivity index (χ1n) is 8.34. The summed E-state index contributed by atoms with van der Waals surface area (Å²) < 4.78 is 26.7. The Hall–Kier alpha value is -2.02. The third kappa shape index (κ3) is 4.58. The molecule has 0 aromatic heterocycles. The van der Waals surface area contributed by atoms with Gasteiger partial charge in [0, 0.05) is 0 Å². The smallest absolute Gasteiger partial charge is 0.240 e. The van der Waals surface area contributed by atoms with Gasteiger partial charge in [-0.05, 0) is 49.4 Å². The van der Waals surface area contributed by atoms with Gasteiger partial charge in [0.05, 0.1) is 10.4 Å². The highest BCUT2D eigenvalue weighted by molar-refractivity contribution is 8.02. The molecule has 0 saturated heterocycles. The van der Waals surface area contributed by atoms with Crippen molar-refractivity contribution in [2.24, 2.45) is 5.14 Å². The molecule has 26 heavy (non-hydrogen) atoms. The van der Waals surface area contributed by atoms with Gasteiger partial charge in [0.25, 0.3) is 0 Å². The Bertz CT molecular complexity index is 937. The fourth-order valence-corrected chi connectivity index (χ4v) is 4.68. The average Bonchev–Trinajstić information content (AvgIpc) is 2.63. The maximum absolute atomic E-state index is 11.8. The lowest BCUT2D eigenvalue weighted by molar-refractivity contribution is 0.598. The summed E-state index contributed by atoms with van der Waals surface area (Å²) in [5, 5.41) is 5.34. The van der Waals surface area contributed by atoms with Crippen molar-refractivity contribution in [3.05, 3.63) is 84.0 Å². The number of nitrogens with one attached hydrogen (secondary N) is 1. The molecule has 6 heteroatoms. The molecule has 3 N–H and O–H groups in total. The van der Waals surface area contributed by atoms with Crippen molar-refractivity contribution in [1.82, 2.24) is 0 Å². The van der Waals surface area contributed by atoms with Gasteiger partial charge in [-0.3, -0.25) is 0 Å². The Morgan fingerprint density at radius 1 is 1.12 bits per heavy atom. The van der Waals surface area contributed by atoms with Crippen LogP contribution in [0.3, 0.4) is 0 Å². The van der Waals surface area contributed by atoms with E-state index >= 15 is 0 Å². The molecule has 0 bridgehead atoms. The topological polar surface area (TPSA) is 72.2 Å². The minimum atomic E-state index is -3.78. The SMILES string of the molecule is CC1=CCC(Cc2ccccc2)(SNc2ccccc2S(N)(=O)=O)C=C1. The quantitative estimate of drug-likeness (QED) is 0.727. The molecule has 0 amide bonds. The maximum Gasteiger partial charge on any atom is 0.240 e. The van der Waals surface area contributed by atoms with Crippen LogP contribution in [0.1, 0.15) is 18.9 Å². The standard InChI is InChI=1S/C20H22N2O2S2/c1-16-11-13-20(14-12-16,15-17-7-3-2-4-8-17)25-22-18-9-5-6-10-19(18)26(21,23)24/h2-13,22H,14-15H2,1H3,(H2,21,23,24). The second-order valence-corrected chi connectivity index (χ2v) is 9.21. The highest BCUT2D eigenvalue weighted by Crippen LogP contribution is 2.39. The molecule has 4 nitrogen and oxygen atoms in total. The van der Waals surface area contributed by atoms with Gasteiger partial charge in [0.1, 0.15) is 4.90 Å². The molecule has 0 heterocycles. The molecule has 1 atom stereocenters. The number of sulfonamides is 1. The molecule has 1 unspecified atom stereocenters. The molecule has 0 aliphatic heterocycles. The van der Waals surface area contributed by atoms with Gasteiger partial charge in [-0.2, -0.15) is 0 Å². The highest BCUT2D eigenvalue weighted by atomic mass is 32.2. The zero-order chi connectivity index (χ0) is 18.6. The van der Waals surface area contributed by atoms with E-state index in [0.29, 0.717) is 5.69 Å². The molecule has 2 aromatic carbocycles. The van der Waals surface area contributed by atoms with Gasteiger partial charge in [-0.25, -0.2) is 13.6 Å². The molecular formula is C20H22N2O2S2. The molecule has 136 valence electrons. The number of hydrogen-bond acceptors (Lipinski definition) is 4. The van der Waals surface area contributed by atoms with Gasteiger partial charge < -0.3 is 4.72 Å². The van der Waals surface area contributed by atoms with Crippen LogP contribution in [-0.4, -0.2) is 13.2 Å². The number of para-hydroxylation sites is 1. The molecule has 2 aromatic rings. The summed E-state index contributed by atoms with van der Waals surface area (Å²) in [5.41, 5.74) is 2.98. The monoisotopic (exact) mass is 386 g/mol. The van der Waals surface area contributed by atoms with E-state index < -0.39 is 10.0 Å². The van der Waals surface area contributed by atoms with E-state index in [0.717, 1.165) is 12.8 Å². The van der Waals surface area contributed by atoms with Crippen molar-refractivity contribution in [1.29, 1.82) is 0 Å². The summed E-state index contributed by atoms with van der Waals surface area (Å²) >= 11 is 1.52. The molecule has 3 rings (SSSR count). The summed E-state index contributed by atoms with van der Waals surface area (Å²) in [6.45, 7) is 2.08. The van der Waals surface area contributed by atoms with Crippen LogP contribution in [-0.2, 0) is 16.4 Å². The number of primary sulfonamides is 1. The van der Waals surface area contributed by atoms with Crippen LogP contribution in [0.25, 0.3) is 0 Å². The largest absolute Gasteiger partial charge is 0.328 e. The van der Waals surface area contributed by atoms with Crippen molar-refractivity contribution >= 4 is 27.7 Å². The first kappa shape index (κ1) is 18.8. The van der Waals surface area contributed by atoms with Gasteiger partial charge in [0.15, 0.2) is 0 Å². The van der Waals surface area contributed by atoms with E-state index in [1.165, 1.54) is 29.2 Å². The summed E-state index contributed by atoms with van der Waals surface area (Å²) in [7, 11) is -3.78. The fourth-order valence-electron chi connectivity index (χ4n) is 2.89. The molecule has 1 aliphatic carbocycles. The lowest BCUT2D eigenvalue weighted by Gasteiger charge is -2.32. The Labute approximate surface area is 159 Å². The number of hydrogen-bond donors (Lipinski definition) is 2. The third-order valence-electron chi connectivity index (χ3n) is 4.32. The van der Waals surface area contributed by atoms with E-state index in [1.807, 2.05) is 18.2 Å². The molecule has 0 spiro atoms. The van der Waals surface area contributed by atoms with E-state index in [-0.39, 0.29) is 9.64 Å². The minimum Gasteiger partial charge on any atom is -0.328 e. The Balaban J connectivity index is 1.85. The molecule has 0 saturated carbocycles. The van der Waals surface area contributed by atoms with Crippen molar-refractivity contribution in [3.63, 3.8) is 0 Å². The molecule has 0 fully saturated rings. The van der Waals surface area contributed by atoms with Crippen molar-refractivity contribution in [2.75, 3.05) is 4.72 Å². The Kier molecular flexibility index (Phi) is 5.55. The van der Waals surface area contributed by atoms with Crippen molar-refractivity contribution in [3.8, 4) is 0 Å². The Morgan fingerprint density at radius 3 is 2.46 bits per heavy atom. The van der Waals surface area contributed by atoms with Gasteiger partial charge >= 0.3 is 0 Å². The van der Waals surface area contributed by atoms with Crippen LogP contribution >= 0.6 is 11.9 Å². The van der Waals surface area contributed by atoms with Crippen molar-refractivity contribution in [2.45, 2.75) is 29.4 Å². The number of allylic oxidation sites excluding steroid dienone is 3. The molecule has 0 radical (unpaired) electrons. The third-order valence-corrected chi connectivity index (χ3v) is 6.47. The number of rotatable bonds is 6. The highest BCUT2D eigenvalue weighted by Gasteiger charge is 2.30. The summed E-state index contributed by atoms with van der Waals surface area (Å²) in [6, 6.07) is 17.0. The Morgan fingerprint density at radius 2 is 1.81 bits per heavy atom. The summed E-state index contributed by atoms with van der Waals surface area (Å²) in [5.74, 6) is 0. The van der Waals surface area contributed by atoms with Crippen LogP contribution in [0.2, 0.25) is 0 Å². The number of nitrogens with two attached hydrogens (primary N) is 1. The summed E-state index contributed by atoms with van der Waals surface area (Å²) in [4.78, 5) is 0.105. The summed E-state index contributed by atoms with van der Waals surface area (Å²) in [6.07, 6.45) is 8.23. The average molecular weight is 387 g/mol. The van der Waals surface area contributed by atoms with E-state index in [4.69, 9.17) is 5.14 Å². The number of benzene rings is 2. The first-order chi connectivity index (χ1) is 12.4. The van der Waals surface area contributed by atoms with Gasteiger partial charge in [0.2, 0.25) is 10.0 Å². The van der Waals surface area contributed by atoms with E-state index in [9.17, 15) is 8.42 Å². The van der Waals surface area contributed by atoms with Crippen LogP contribution < -0.4 is 9.86 Å². The van der Waals surface area contributed by atoms with Gasteiger partial charge in [-0.15, -0.1) is 0 Å². The first-order valence-corrected chi connectivity index (χ1v) is 10.7. The van der Waals surface area contributed by atoms with E-state index in [1.54, 1.807) is 18.2 Å². The fraction of sp³-hybridized carbons (Fsp3) is 0.200. The number of anilines is 1. The predicted molar refractivity (Wildman–Crippen MR) is 109 cm³/mol. The second-order valence-electron chi connectivity index (χ2n) is 6.46. The zero-order valence-corrected chi connectivity index (χ0v) is 16.2. The maximum atomic E-state index is 11.8. The lowest BCUT2D eigenvalue weighted by Crippen LogP contribution is -2.28. The van der Waals surface area contributed by atoms with Crippen LogP contribution in [0, 0.1) is 0 Å². The van der Waals surface area contributed by atoms with Crippen molar-refractivity contribution < 1.29 is 8.42 Å². The van der Waals surface area contributed by atoms with Gasteiger partial charge in [-0.1, -0.05) is 66.3 Å². The lowest BCUT2D eigenvalue weighted by atomic mass is 9.90. The minimum absolute atomic E-state index is 0.105. The van der Waals surface area contributed by atoms with Crippen LogP contribution in [0.5, 0.6) is 0 Å². The van der Waals surface area contributed by atoms with Crippen LogP contribution in [0.4, 0.5) is 5.69 Å².